The van der Waals surface area contributed by atoms with E-state index in [-0.39, 0.29) is 50.0 Å². The summed E-state index contributed by atoms with van der Waals surface area (Å²) in [6, 6.07) is 51.1. The van der Waals surface area contributed by atoms with Crippen molar-refractivity contribution in [2.45, 2.75) is 81.1 Å². The second kappa shape index (κ2) is 24.7. The second-order valence-electron chi connectivity index (χ2n) is 17.8. The van der Waals surface area contributed by atoms with E-state index < -0.39 is 41.6 Å². The molecule has 1 aliphatic rings. The van der Waals surface area contributed by atoms with Crippen LogP contribution in [0.3, 0.4) is 0 Å². The lowest BCUT2D eigenvalue weighted by molar-refractivity contribution is -0.130. The molecule has 3 atom stereocenters. The standard InChI is InChI=1S/C58H61N5O6S/c1-41(2)38-49(61-57(68)69-40-43-22-11-5-12-23-43)56(67)60-50(39-42-20-9-4-10-21-42)55(66)59-48(33-35-53(65)63-37-36-44-24-19-31-51(70-3)54(44)63)32-34-52(64)62-58(45-25-13-6-14-26-45,46-27-15-7-16-28-46)47-29-17-8-18-30-47/h4-31,33,35,41,48-50H,32,34,36-40H2,1-3H3,(H,59,66)(H,60,67)(H,61,68)(H,62,64)/b35-33+/t48-,49-,50-/m0/s1. The number of hydrogen-bond donors (Lipinski definition) is 4. The van der Waals surface area contributed by atoms with E-state index in [1.54, 1.807) is 22.7 Å². The Hall–Kier alpha value is -7.44. The molecule has 70 heavy (non-hydrogen) atoms. The monoisotopic (exact) mass is 955 g/mol. The number of nitrogens with one attached hydrogen (secondary N) is 4. The Labute approximate surface area is 415 Å². The highest BCUT2D eigenvalue weighted by Gasteiger charge is 2.38. The number of hydrogen-bond acceptors (Lipinski definition) is 7. The first-order valence-corrected chi connectivity index (χ1v) is 25.0. The third kappa shape index (κ3) is 13.2. The topological polar surface area (TPSA) is 146 Å². The molecule has 0 radical (unpaired) electrons. The summed E-state index contributed by atoms with van der Waals surface area (Å²) in [7, 11) is 0. The number of anilines is 1. The molecule has 0 aromatic heterocycles. The van der Waals surface area contributed by atoms with Gasteiger partial charge in [0.15, 0.2) is 0 Å². The highest BCUT2D eigenvalue weighted by molar-refractivity contribution is 7.98. The Kier molecular flexibility index (Phi) is 17.8. The molecule has 0 aliphatic carbocycles. The third-order valence-corrected chi connectivity index (χ3v) is 13.1. The molecule has 0 unspecified atom stereocenters. The predicted octanol–water partition coefficient (Wildman–Crippen LogP) is 9.30. The molecule has 5 amide bonds. The SMILES string of the molecule is CSc1cccc2c1N(C(=O)/C=C/[C@H](CCC(=O)NC(c1ccccc1)(c1ccccc1)c1ccccc1)NC(=O)[C@H](Cc1ccccc1)NC(=O)[C@H](CC(C)C)NC(=O)OCc1ccccc1)CC2. The molecule has 0 saturated carbocycles. The van der Waals surface area contributed by atoms with Crippen LogP contribution in [-0.2, 0) is 48.9 Å². The van der Waals surface area contributed by atoms with Crippen LogP contribution in [0.2, 0.25) is 0 Å². The molecule has 11 nitrogen and oxygen atoms in total. The van der Waals surface area contributed by atoms with Crippen LogP contribution in [0.15, 0.2) is 187 Å². The molecule has 360 valence electrons. The van der Waals surface area contributed by atoms with E-state index in [1.165, 1.54) is 6.08 Å². The number of fused-ring (bicyclic) bond motifs is 1. The van der Waals surface area contributed by atoms with Crippen LogP contribution in [0.5, 0.6) is 0 Å². The van der Waals surface area contributed by atoms with Crippen molar-refractivity contribution in [1.82, 2.24) is 21.3 Å². The summed E-state index contributed by atoms with van der Waals surface area (Å²) in [5, 5.41) is 12.2. The number of nitrogens with zero attached hydrogens (tertiary/aromatic N) is 1. The fourth-order valence-electron chi connectivity index (χ4n) is 8.87. The molecular formula is C58H61N5O6S. The van der Waals surface area contributed by atoms with Gasteiger partial charge in [0.05, 0.1) is 5.69 Å². The molecule has 6 aromatic rings. The van der Waals surface area contributed by atoms with Gasteiger partial charge >= 0.3 is 6.09 Å². The maximum Gasteiger partial charge on any atom is 0.408 e. The summed E-state index contributed by atoms with van der Waals surface area (Å²) in [5.41, 5.74) is 5.07. The minimum absolute atomic E-state index is 0.00348. The molecule has 1 aliphatic heterocycles. The quantitative estimate of drug-likeness (QED) is 0.0320. The number of ether oxygens (including phenoxy) is 1. The summed E-state index contributed by atoms with van der Waals surface area (Å²) in [6.07, 6.45) is 5.51. The fourth-order valence-corrected chi connectivity index (χ4v) is 9.52. The summed E-state index contributed by atoms with van der Waals surface area (Å²) in [6.45, 7) is 4.40. The van der Waals surface area contributed by atoms with Crippen molar-refractivity contribution >= 4 is 47.2 Å². The molecular weight excluding hydrogens is 895 g/mol. The number of carbonyl (C=O) groups is 5. The van der Waals surface area contributed by atoms with E-state index in [1.807, 2.05) is 190 Å². The van der Waals surface area contributed by atoms with E-state index in [0.717, 1.165) is 44.0 Å². The first-order valence-electron chi connectivity index (χ1n) is 23.8. The van der Waals surface area contributed by atoms with E-state index in [9.17, 15) is 24.0 Å². The number of rotatable bonds is 21. The Morgan fingerprint density at radius 3 is 1.76 bits per heavy atom. The van der Waals surface area contributed by atoms with Crippen molar-refractivity contribution in [3.8, 4) is 0 Å². The number of para-hydroxylation sites is 1. The van der Waals surface area contributed by atoms with Crippen LogP contribution >= 0.6 is 11.8 Å². The van der Waals surface area contributed by atoms with Crippen molar-refractivity contribution in [3.05, 3.63) is 215 Å². The summed E-state index contributed by atoms with van der Waals surface area (Å²) >= 11 is 1.57. The first kappa shape index (κ1) is 50.4. The number of benzene rings is 6. The summed E-state index contributed by atoms with van der Waals surface area (Å²) in [4.78, 5) is 73.5. The second-order valence-corrected chi connectivity index (χ2v) is 18.6. The van der Waals surface area contributed by atoms with Gasteiger partial charge in [-0.05, 0) is 70.9 Å². The molecule has 7 rings (SSSR count). The molecule has 4 N–H and O–H groups in total. The molecule has 1 heterocycles. The normalized spacial score (nSPS) is 13.5. The Morgan fingerprint density at radius 1 is 0.657 bits per heavy atom. The van der Waals surface area contributed by atoms with E-state index in [2.05, 4.69) is 21.3 Å². The molecule has 6 aromatic carbocycles. The average molecular weight is 956 g/mol. The van der Waals surface area contributed by atoms with Crippen molar-refractivity contribution in [1.29, 1.82) is 0 Å². The highest BCUT2D eigenvalue weighted by Crippen LogP contribution is 2.38. The van der Waals surface area contributed by atoms with Crippen molar-refractivity contribution < 1.29 is 28.7 Å². The molecule has 0 spiro atoms. The van der Waals surface area contributed by atoms with Crippen LogP contribution in [0, 0.1) is 5.92 Å². The van der Waals surface area contributed by atoms with Gasteiger partial charge in [0.2, 0.25) is 17.7 Å². The lowest BCUT2D eigenvalue weighted by Gasteiger charge is -2.37. The zero-order valence-corrected chi connectivity index (χ0v) is 40.7. The number of alkyl carbamates (subject to hydrolysis) is 1. The van der Waals surface area contributed by atoms with Gasteiger partial charge in [-0.3, -0.25) is 19.2 Å². The molecule has 0 saturated heterocycles. The van der Waals surface area contributed by atoms with Gasteiger partial charge in [0, 0.05) is 36.4 Å². The zero-order valence-electron chi connectivity index (χ0n) is 39.9. The van der Waals surface area contributed by atoms with Gasteiger partial charge in [0.25, 0.3) is 5.91 Å². The smallest absolute Gasteiger partial charge is 0.408 e. The summed E-state index contributed by atoms with van der Waals surface area (Å²) in [5.74, 6) is -1.62. The zero-order chi connectivity index (χ0) is 49.3. The lowest BCUT2D eigenvalue weighted by atomic mass is 9.77. The van der Waals surface area contributed by atoms with Gasteiger partial charge in [-0.15, -0.1) is 11.8 Å². The Balaban J connectivity index is 1.16. The Morgan fingerprint density at radius 2 is 1.20 bits per heavy atom. The highest BCUT2D eigenvalue weighted by atomic mass is 32.2. The van der Waals surface area contributed by atoms with Crippen LogP contribution in [0.1, 0.15) is 66.5 Å². The minimum Gasteiger partial charge on any atom is -0.445 e. The van der Waals surface area contributed by atoms with Crippen LogP contribution in [0.25, 0.3) is 0 Å². The lowest BCUT2D eigenvalue weighted by Crippen LogP contribution is -2.56. The Bertz CT molecular complexity index is 2610. The maximum absolute atomic E-state index is 14.7. The number of thioether (sulfide) groups is 1. The van der Waals surface area contributed by atoms with Gasteiger partial charge in [-0.25, -0.2) is 4.79 Å². The molecule has 0 bridgehead atoms. The van der Waals surface area contributed by atoms with Crippen LogP contribution in [-0.4, -0.2) is 60.6 Å². The van der Waals surface area contributed by atoms with Crippen molar-refractivity contribution in [2.75, 3.05) is 17.7 Å². The van der Waals surface area contributed by atoms with E-state index in [4.69, 9.17) is 4.74 Å². The fraction of sp³-hybridized carbons (Fsp3) is 0.259. The van der Waals surface area contributed by atoms with Gasteiger partial charge in [-0.1, -0.05) is 184 Å². The number of amides is 5. The van der Waals surface area contributed by atoms with Gasteiger partial charge in [-0.2, -0.15) is 0 Å². The minimum atomic E-state index is -1.11. The van der Waals surface area contributed by atoms with Crippen molar-refractivity contribution in [2.24, 2.45) is 5.92 Å². The molecule has 12 heteroatoms. The average Bonchev–Trinajstić information content (AvgIpc) is 3.84. The maximum atomic E-state index is 14.7. The van der Waals surface area contributed by atoms with E-state index >= 15 is 0 Å². The van der Waals surface area contributed by atoms with Gasteiger partial charge in [0.1, 0.15) is 24.2 Å². The van der Waals surface area contributed by atoms with E-state index in [0.29, 0.717) is 13.0 Å². The van der Waals surface area contributed by atoms with Gasteiger partial charge < -0.3 is 30.9 Å². The number of carbonyl (C=O) groups excluding carboxylic acids is 5. The first-order chi connectivity index (χ1) is 34.0. The third-order valence-electron chi connectivity index (χ3n) is 12.3. The van der Waals surface area contributed by atoms with Crippen LogP contribution < -0.4 is 26.2 Å². The largest absolute Gasteiger partial charge is 0.445 e. The predicted molar refractivity (Wildman–Crippen MR) is 277 cm³/mol. The van der Waals surface area contributed by atoms with Crippen molar-refractivity contribution in [3.63, 3.8) is 0 Å². The summed E-state index contributed by atoms with van der Waals surface area (Å²) < 4.78 is 5.48. The molecule has 0 fully saturated rings. The van der Waals surface area contributed by atoms with Crippen LogP contribution in [0.4, 0.5) is 10.5 Å².